The van der Waals surface area contributed by atoms with E-state index in [2.05, 4.69) is 5.32 Å². The molecule has 0 unspecified atom stereocenters. The minimum Gasteiger partial charge on any atom is -0.489 e. The van der Waals surface area contributed by atoms with Crippen LogP contribution in [0, 0.1) is 0 Å². The number of rotatable bonds is 7. The quantitative estimate of drug-likeness (QED) is 0.735. The van der Waals surface area contributed by atoms with Gasteiger partial charge in [-0.25, -0.2) is 0 Å². The second kappa shape index (κ2) is 8.68. The molecule has 0 radical (unpaired) electrons. The van der Waals surface area contributed by atoms with E-state index in [9.17, 15) is 18.0 Å². The van der Waals surface area contributed by atoms with Crippen molar-refractivity contribution in [1.29, 1.82) is 0 Å². The first-order valence-electron chi connectivity index (χ1n) is 7.78. The summed E-state index contributed by atoms with van der Waals surface area (Å²) in [6.07, 6.45) is -4.53. The van der Waals surface area contributed by atoms with Crippen LogP contribution in [0.1, 0.15) is 21.5 Å². The lowest BCUT2D eigenvalue weighted by atomic mass is 10.1. The number of hydrogen-bond donors (Lipinski definition) is 2. The number of anilines is 1. The van der Waals surface area contributed by atoms with E-state index in [1.54, 1.807) is 24.3 Å². The second-order valence-electron chi connectivity index (χ2n) is 5.41. The predicted octanol–water partition coefficient (Wildman–Crippen LogP) is 3.44. The zero-order valence-electron chi connectivity index (χ0n) is 14.1. The summed E-state index contributed by atoms with van der Waals surface area (Å²) in [5.74, 6) is -0.425. The molecule has 140 valence electrons. The highest BCUT2D eigenvalue weighted by Gasteiger charge is 2.31. The Balaban J connectivity index is 2.26. The van der Waals surface area contributed by atoms with Gasteiger partial charge in [-0.3, -0.25) is 4.79 Å². The van der Waals surface area contributed by atoms with Crippen molar-refractivity contribution in [3.05, 3.63) is 59.2 Å². The number of amides is 1. The number of hydrogen-bond acceptors (Lipinski definition) is 4. The highest BCUT2D eigenvalue weighted by Crippen LogP contribution is 2.35. The average molecular weight is 368 g/mol. The van der Waals surface area contributed by atoms with Crippen molar-refractivity contribution in [2.45, 2.75) is 12.7 Å². The van der Waals surface area contributed by atoms with E-state index in [0.29, 0.717) is 12.1 Å². The average Bonchev–Trinajstić information content (AvgIpc) is 2.62. The number of halogens is 3. The van der Waals surface area contributed by atoms with Crippen molar-refractivity contribution in [1.82, 2.24) is 0 Å². The zero-order chi connectivity index (χ0) is 19.2. The molecule has 0 saturated heterocycles. The van der Waals surface area contributed by atoms with Crippen LogP contribution in [0.15, 0.2) is 42.5 Å². The SMILES string of the molecule is COCCOc1ccc(C(F)(F)F)cc1NC(=O)c1ccc(CN)cc1. The predicted molar refractivity (Wildman–Crippen MR) is 91.1 cm³/mol. The van der Waals surface area contributed by atoms with Crippen LogP contribution in [0.25, 0.3) is 0 Å². The normalized spacial score (nSPS) is 11.3. The number of alkyl halides is 3. The topological polar surface area (TPSA) is 73.6 Å². The van der Waals surface area contributed by atoms with Crippen molar-refractivity contribution < 1.29 is 27.4 Å². The Bertz CT molecular complexity index is 746. The minimum atomic E-state index is -4.53. The molecule has 2 rings (SSSR count). The van der Waals surface area contributed by atoms with Gasteiger partial charge >= 0.3 is 6.18 Å². The Morgan fingerprint density at radius 1 is 1.12 bits per heavy atom. The van der Waals surface area contributed by atoms with Crippen LogP contribution >= 0.6 is 0 Å². The highest BCUT2D eigenvalue weighted by atomic mass is 19.4. The van der Waals surface area contributed by atoms with Gasteiger partial charge in [-0.1, -0.05) is 12.1 Å². The van der Waals surface area contributed by atoms with Gasteiger partial charge in [-0.15, -0.1) is 0 Å². The standard InChI is InChI=1S/C18H19F3N2O3/c1-25-8-9-26-16-7-6-14(18(19,20)21)10-15(16)23-17(24)13-4-2-12(11-22)3-5-13/h2-7,10H,8-9,11,22H2,1H3,(H,23,24). The van der Waals surface area contributed by atoms with Crippen molar-refractivity contribution >= 4 is 11.6 Å². The molecule has 0 aliphatic rings. The molecule has 2 aromatic rings. The van der Waals surface area contributed by atoms with Gasteiger partial charge in [-0.2, -0.15) is 13.2 Å². The van der Waals surface area contributed by atoms with Crippen LogP contribution in [0.2, 0.25) is 0 Å². The monoisotopic (exact) mass is 368 g/mol. The maximum atomic E-state index is 13.0. The molecule has 0 aromatic heterocycles. The molecule has 0 spiro atoms. The summed E-state index contributed by atoms with van der Waals surface area (Å²) in [5.41, 5.74) is 5.68. The Kier molecular flexibility index (Phi) is 6.59. The van der Waals surface area contributed by atoms with Crippen LogP contribution in [0.5, 0.6) is 5.75 Å². The van der Waals surface area contributed by atoms with Crippen molar-refractivity contribution in [3.8, 4) is 5.75 Å². The summed E-state index contributed by atoms with van der Waals surface area (Å²) in [6, 6.07) is 9.37. The summed E-state index contributed by atoms with van der Waals surface area (Å²) in [5, 5.41) is 2.47. The lowest BCUT2D eigenvalue weighted by molar-refractivity contribution is -0.137. The molecule has 0 atom stereocenters. The molecule has 2 aromatic carbocycles. The molecular weight excluding hydrogens is 349 g/mol. The number of methoxy groups -OCH3 is 1. The zero-order valence-corrected chi connectivity index (χ0v) is 14.1. The van der Waals surface area contributed by atoms with E-state index in [1.807, 2.05) is 0 Å². The van der Waals surface area contributed by atoms with E-state index < -0.39 is 17.6 Å². The third kappa shape index (κ3) is 5.21. The van der Waals surface area contributed by atoms with Crippen molar-refractivity contribution in [3.63, 3.8) is 0 Å². The Morgan fingerprint density at radius 2 is 1.81 bits per heavy atom. The summed E-state index contributed by atoms with van der Waals surface area (Å²) in [7, 11) is 1.48. The third-order valence-electron chi connectivity index (χ3n) is 3.55. The smallest absolute Gasteiger partial charge is 0.416 e. The van der Waals surface area contributed by atoms with Crippen molar-refractivity contribution in [2.24, 2.45) is 5.73 Å². The Morgan fingerprint density at radius 3 is 2.38 bits per heavy atom. The fraction of sp³-hybridized carbons (Fsp3) is 0.278. The molecule has 0 aliphatic carbocycles. The first-order valence-corrected chi connectivity index (χ1v) is 7.78. The van der Waals surface area contributed by atoms with Crippen LogP contribution in [-0.2, 0) is 17.5 Å². The van der Waals surface area contributed by atoms with Gasteiger partial charge in [0.15, 0.2) is 0 Å². The summed E-state index contributed by atoms with van der Waals surface area (Å²) >= 11 is 0. The van der Waals surface area contributed by atoms with Gasteiger partial charge in [0, 0.05) is 19.2 Å². The highest BCUT2D eigenvalue weighted by molar-refractivity contribution is 6.05. The number of nitrogens with two attached hydrogens (primary N) is 1. The van der Waals surface area contributed by atoms with E-state index in [4.69, 9.17) is 15.2 Å². The van der Waals surface area contributed by atoms with Gasteiger partial charge in [0.25, 0.3) is 5.91 Å². The van der Waals surface area contributed by atoms with Crippen LogP contribution < -0.4 is 15.8 Å². The first kappa shape index (κ1) is 19.7. The first-order chi connectivity index (χ1) is 12.3. The minimum absolute atomic E-state index is 0.0659. The van der Waals surface area contributed by atoms with Gasteiger partial charge < -0.3 is 20.5 Å². The number of benzene rings is 2. The summed E-state index contributed by atoms with van der Waals surface area (Å²) in [4.78, 5) is 12.4. The van der Waals surface area contributed by atoms with Gasteiger partial charge in [0.05, 0.1) is 17.9 Å². The Hall–Kier alpha value is -2.58. The number of ether oxygens (including phenoxy) is 2. The molecule has 3 N–H and O–H groups in total. The molecule has 0 saturated carbocycles. The summed E-state index contributed by atoms with van der Waals surface area (Å²) < 4.78 is 49.1. The van der Waals surface area contributed by atoms with E-state index in [-0.39, 0.29) is 24.7 Å². The lowest BCUT2D eigenvalue weighted by Crippen LogP contribution is -2.15. The number of carbonyl (C=O) groups excluding carboxylic acids is 1. The van der Waals surface area contributed by atoms with Gasteiger partial charge in [-0.05, 0) is 35.9 Å². The van der Waals surface area contributed by atoms with Crippen molar-refractivity contribution in [2.75, 3.05) is 25.6 Å². The van der Waals surface area contributed by atoms with E-state index >= 15 is 0 Å². The second-order valence-corrected chi connectivity index (χ2v) is 5.41. The molecule has 26 heavy (non-hydrogen) atoms. The van der Waals surface area contributed by atoms with Gasteiger partial charge in [0.1, 0.15) is 12.4 Å². The van der Waals surface area contributed by atoms with Gasteiger partial charge in [0.2, 0.25) is 0 Å². The largest absolute Gasteiger partial charge is 0.489 e. The fourth-order valence-electron chi connectivity index (χ4n) is 2.15. The number of carbonyl (C=O) groups is 1. The molecule has 0 heterocycles. The molecular formula is C18H19F3N2O3. The molecule has 5 nitrogen and oxygen atoms in total. The van der Waals surface area contributed by atoms with Crippen LogP contribution in [-0.4, -0.2) is 26.2 Å². The summed E-state index contributed by atoms with van der Waals surface area (Å²) in [6.45, 7) is 0.720. The molecule has 0 bridgehead atoms. The third-order valence-corrected chi connectivity index (χ3v) is 3.55. The number of nitrogens with one attached hydrogen (secondary N) is 1. The molecule has 0 aliphatic heterocycles. The molecule has 1 amide bonds. The van der Waals surface area contributed by atoms with Crippen LogP contribution in [0.3, 0.4) is 0 Å². The molecule has 0 fully saturated rings. The molecule has 8 heteroatoms. The maximum absolute atomic E-state index is 13.0. The van der Waals surface area contributed by atoms with E-state index in [0.717, 1.165) is 17.7 Å². The Labute approximate surface area is 148 Å². The van der Waals surface area contributed by atoms with E-state index in [1.165, 1.54) is 13.2 Å². The maximum Gasteiger partial charge on any atom is 0.416 e. The fourth-order valence-corrected chi connectivity index (χ4v) is 2.15. The van der Waals surface area contributed by atoms with Crippen LogP contribution in [0.4, 0.5) is 18.9 Å². The lowest BCUT2D eigenvalue weighted by Gasteiger charge is -2.15.